The van der Waals surface area contributed by atoms with Gasteiger partial charge in [0.1, 0.15) is 0 Å². The Kier molecular flexibility index (Phi) is 7.10. The summed E-state index contributed by atoms with van der Waals surface area (Å²) in [5.41, 5.74) is 7.30. The van der Waals surface area contributed by atoms with E-state index < -0.39 is 0 Å². The summed E-state index contributed by atoms with van der Waals surface area (Å²) in [7, 11) is 1.62. The van der Waals surface area contributed by atoms with Gasteiger partial charge in [0.2, 0.25) is 5.91 Å². The Hall–Kier alpha value is -1.43. The van der Waals surface area contributed by atoms with Crippen molar-refractivity contribution in [1.82, 2.24) is 0 Å². The lowest BCUT2D eigenvalue weighted by molar-refractivity contribution is -0.117. The predicted molar refractivity (Wildman–Crippen MR) is 74.9 cm³/mol. The van der Waals surface area contributed by atoms with Crippen LogP contribution in [0.1, 0.15) is 18.9 Å². The first-order valence-corrected chi connectivity index (χ1v) is 6.35. The molecule has 1 unspecified atom stereocenters. The number of anilines is 1. The SMILES string of the molecule is COCC(C)OCCC(=O)Nc1cccc(CN)c1. The third-order valence-corrected chi connectivity index (χ3v) is 2.58. The van der Waals surface area contributed by atoms with E-state index in [1.165, 1.54) is 0 Å². The van der Waals surface area contributed by atoms with Gasteiger partial charge in [0.05, 0.1) is 25.7 Å². The maximum Gasteiger partial charge on any atom is 0.226 e. The monoisotopic (exact) mass is 266 g/mol. The van der Waals surface area contributed by atoms with Crippen molar-refractivity contribution in [1.29, 1.82) is 0 Å². The zero-order valence-corrected chi connectivity index (χ0v) is 11.5. The number of hydrogen-bond acceptors (Lipinski definition) is 4. The number of ether oxygens (including phenoxy) is 2. The van der Waals surface area contributed by atoms with Crippen LogP contribution < -0.4 is 11.1 Å². The first kappa shape index (κ1) is 15.6. The molecule has 0 aliphatic rings. The van der Waals surface area contributed by atoms with E-state index in [0.717, 1.165) is 11.3 Å². The normalized spacial score (nSPS) is 12.2. The lowest BCUT2D eigenvalue weighted by atomic mass is 10.2. The molecule has 5 heteroatoms. The van der Waals surface area contributed by atoms with E-state index in [-0.39, 0.29) is 12.0 Å². The fraction of sp³-hybridized carbons (Fsp3) is 0.500. The Morgan fingerprint density at radius 1 is 1.47 bits per heavy atom. The molecule has 0 fully saturated rings. The van der Waals surface area contributed by atoms with E-state index in [1.807, 2.05) is 31.2 Å². The van der Waals surface area contributed by atoms with Gasteiger partial charge < -0.3 is 20.5 Å². The molecule has 0 heterocycles. The van der Waals surface area contributed by atoms with Crippen LogP contribution in [0.2, 0.25) is 0 Å². The number of carbonyl (C=O) groups excluding carboxylic acids is 1. The molecule has 1 rings (SSSR count). The van der Waals surface area contributed by atoms with E-state index in [2.05, 4.69) is 5.32 Å². The fourth-order valence-corrected chi connectivity index (χ4v) is 1.64. The number of nitrogens with two attached hydrogens (primary N) is 1. The van der Waals surface area contributed by atoms with Crippen molar-refractivity contribution in [2.75, 3.05) is 25.6 Å². The van der Waals surface area contributed by atoms with Crippen LogP contribution >= 0.6 is 0 Å². The minimum absolute atomic E-state index is 0.00151. The third kappa shape index (κ3) is 6.33. The second kappa shape index (κ2) is 8.63. The Balaban J connectivity index is 2.30. The van der Waals surface area contributed by atoms with Crippen molar-refractivity contribution in [3.05, 3.63) is 29.8 Å². The smallest absolute Gasteiger partial charge is 0.226 e. The third-order valence-electron chi connectivity index (χ3n) is 2.58. The molecule has 19 heavy (non-hydrogen) atoms. The van der Waals surface area contributed by atoms with E-state index in [0.29, 0.717) is 26.2 Å². The highest BCUT2D eigenvalue weighted by molar-refractivity contribution is 5.90. The molecule has 0 saturated heterocycles. The molecule has 1 atom stereocenters. The van der Waals surface area contributed by atoms with Crippen molar-refractivity contribution in [2.45, 2.75) is 26.0 Å². The minimum Gasteiger partial charge on any atom is -0.382 e. The summed E-state index contributed by atoms with van der Waals surface area (Å²) in [6, 6.07) is 7.50. The fourth-order valence-electron chi connectivity index (χ4n) is 1.64. The van der Waals surface area contributed by atoms with Gasteiger partial charge in [-0.1, -0.05) is 12.1 Å². The predicted octanol–water partition coefficient (Wildman–Crippen LogP) is 1.53. The standard InChI is InChI=1S/C14H22N2O3/c1-11(10-18-2)19-7-6-14(17)16-13-5-3-4-12(8-13)9-15/h3-5,8,11H,6-7,9-10,15H2,1-2H3,(H,16,17). The quantitative estimate of drug-likeness (QED) is 0.748. The van der Waals surface area contributed by atoms with Crippen LogP contribution in [0, 0.1) is 0 Å². The van der Waals surface area contributed by atoms with E-state index in [9.17, 15) is 4.79 Å². The number of carbonyl (C=O) groups is 1. The summed E-state index contributed by atoms with van der Waals surface area (Å²) in [6.45, 7) is 3.28. The van der Waals surface area contributed by atoms with Crippen LogP contribution in [-0.4, -0.2) is 32.3 Å². The average molecular weight is 266 g/mol. The first-order chi connectivity index (χ1) is 9.15. The molecule has 0 saturated carbocycles. The Bertz CT molecular complexity index is 396. The van der Waals surface area contributed by atoms with Gasteiger partial charge in [-0.3, -0.25) is 4.79 Å². The lowest BCUT2D eigenvalue weighted by Crippen LogP contribution is -2.19. The Labute approximate surface area is 114 Å². The summed E-state index contributed by atoms with van der Waals surface area (Å²) in [4.78, 5) is 11.7. The summed E-state index contributed by atoms with van der Waals surface area (Å²) in [5.74, 6) is -0.0706. The van der Waals surface area contributed by atoms with Gasteiger partial charge in [-0.05, 0) is 24.6 Å². The van der Waals surface area contributed by atoms with Crippen LogP contribution in [0.25, 0.3) is 0 Å². The zero-order valence-electron chi connectivity index (χ0n) is 11.5. The van der Waals surface area contributed by atoms with Crippen LogP contribution in [0.15, 0.2) is 24.3 Å². The van der Waals surface area contributed by atoms with Crippen LogP contribution in [0.4, 0.5) is 5.69 Å². The van der Waals surface area contributed by atoms with Gasteiger partial charge in [0, 0.05) is 19.3 Å². The molecule has 0 radical (unpaired) electrons. The maximum atomic E-state index is 11.7. The van der Waals surface area contributed by atoms with E-state index in [4.69, 9.17) is 15.2 Å². The van der Waals surface area contributed by atoms with Crippen LogP contribution in [-0.2, 0) is 20.8 Å². The van der Waals surface area contributed by atoms with Gasteiger partial charge in [-0.15, -0.1) is 0 Å². The summed E-state index contributed by atoms with van der Waals surface area (Å²) in [5, 5.41) is 2.82. The summed E-state index contributed by atoms with van der Waals surface area (Å²) >= 11 is 0. The summed E-state index contributed by atoms with van der Waals surface area (Å²) in [6.07, 6.45) is 0.319. The molecule has 1 aromatic rings. The summed E-state index contributed by atoms with van der Waals surface area (Å²) < 4.78 is 10.4. The van der Waals surface area contributed by atoms with Gasteiger partial charge >= 0.3 is 0 Å². The molecule has 3 N–H and O–H groups in total. The Morgan fingerprint density at radius 2 is 2.26 bits per heavy atom. The van der Waals surface area contributed by atoms with Gasteiger partial charge in [0.25, 0.3) is 0 Å². The highest BCUT2D eigenvalue weighted by atomic mass is 16.5. The van der Waals surface area contributed by atoms with Gasteiger partial charge in [-0.25, -0.2) is 0 Å². The van der Waals surface area contributed by atoms with Gasteiger partial charge in [0.15, 0.2) is 0 Å². The van der Waals surface area contributed by atoms with Crippen LogP contribution in [0.3, 0.4) is 0 Å². The van der Waals surface area contributed by atoms with E-state index >= 15 is 0 Å². The van der Waals surface area contributed by atoms with Crippen LogP contribution in [0.5, 0.6) is 0 Å². The molecule has 1 amide bonds. The maximum absolute atomic E-state index is 11.7. The first-order valence-electron chi connectivity index (χ1n) is 6.35. The molecule has 5 nitrogen and oxygen atoms in total. The number of amides is 1. The Morgan fingerprint density at radius 3 is 2.95 bits per heavy atom. The van der Waals surface area contributed by atoms with Crippen molar-refractivity contribution in [2.24, 2.45) is 5.73 Å². The number of rotatable bonds is 8. The second-order valence-corrected chi connectivity index (χ2v) is 4.34. The molecular weight excluding hydrogens is 244 g/mol. The minimum atomic E-state index is -0.0706. The number of methoxy groups -OCH3 is 1. The zero-order chi connectivity index (χ0) is 14.1. The molecule has 0 aliphatic heterocycles. The largest absolute Gasteiger partial charge is 0.382 e. The molecule has 1 aromatic carbocycles. The molecule has 0 bridgehead atoms. The number of benzene rings is 1. The molecule has 0 spiro atoms. The van der Waals surface area contributed by atoms with Gasteiger partial charge in [-0.2, -0.15) is 0 Å². The van der Waals surface area contributed by atoms with E-state index in [1.54, 1.807) is 7.11 Å². The molecule has 106 valence electrons. The average Bonchev–Trinajstić information content (AvgIpc) is 2.39. The molecule has 0 aromatic heterocycles. The van der Waals surface area contributed by atoms with Crippen molar-refractivity contribution >= 4 is 11.6 Å². The number of hydrogen-bond donors (Lipinski definition) is 2. The number of nitrogens with one attached hydrogen (secondary N) is 1. The lowest BCUT2D eigenvalue weighted by Gasteiger charge is -2.12. The molecular formula is C14H22N2O3. The topological polar surface area (TPSA) is 73.6 Å². The second-order valence-electron chi connectivity index (χ2n) is 4.34. The highest BCUT2D eigenvalue weighted by Crippen LogP contribution is 2.10. The van der Waals surface area contributed by atoms with Crippen molar-refractivity contribution in [3.8, 4) is 0 Å². The van der Waals surface area contributed by atoms with Crippen molar-refractivity contribution in [3.63, 3.8) is 0 Å². The molecule has 0 aliphatic carbocycles. The highest BCUT2D eigenvalue weighted by Gasteiger charge is 2.05. The van der Waals surface area contributed by atoms with Crippen molar-refractivity contribution < 1.29 is 14.3 Å².